The molecule has 0 amide bonds. The van der Waals surface area contributed by atoms with Crippen LogP contribution in [-0.4, -0.2) is 4.57 Å². The number of hydrogen-bond acceptors (Lipinski definition) is 0. The molecule has 1 aromatic carbocycles. The molecule has 0 bridgehead atoms. The SMILES string of the molecule is C=CCn1cc(/C=C/c2cccc[n+]2C)c2ccccc21.[I-]. The lowest BCUT2D eigenvalue weighted by Gasteiger charge is -1.98. The molecule has 0 saturated carbocycles. The van der Waals surface area contributed by atoms with Crippen LogP contribution in [0, 0.1) is 0 Å². The van der Waals surface area contributed by atoms with Gasteiger partial charge in [-0.3, -0.25) is 0 Å². The van der Waals surface area contributed by atoms with E-state index in [-0.39, 0.29) is 24.0 Å². The highest BCUT2D eigenvalue weighted by Crippen LogP contribution is 2.23. The summed E-state index contributed by atoms with van der Waals surface area (Å²) in [5.41, 5.74) is 3.66. The van der Waals surface area contributed by atoms with Crippen molar-refractivity contribution >= 4 is 23.1 Å². The average Bonchev–Trinajstić information content (AvgIpc) is 2.85. The fraction of sp³-hybridized carbons (Fsp3) is 0.105. The van der Waals surface area contributed by atoms with Crippen LogP contribution in [0.5, 0.6) is 0 Å². The van der Waals surface area contributed by atoms with Crippen molar-refractivity contribution in [3.63, 3.8) is 0 Å². The van der Waals surface area contributed by atoms with E-state index in [2.05, 4.69) is 83.7 Å². The smallest absolute Gasteiger partial charge is 0.204 e. The molecule has 0 spiro atoms. The molecule has 2 nitrogen and oxygen atoms in total. The maximum atomic E-state index is 3.84. The summed E-state index contributed by atoms with van der Waals surface area (Å²) < 4.78 is 4.34. The van der Waals surface area contributed by atoms with Crippen LogP contribution in [-0.2, 0) is 13.6 Å². The Balaban J connectivity index is 0.00000176. The lowest BCUT2D eigenvalue weighted by atomic mass is 10.1. The normalized spacial score (nSPS) is 10.8. The second kappa shape index (κ2) is 7.40. The molecule has 0 aliphatic carbocycles. The van der Waals surface area contributed by atoms with Gasteiger partial charge in [0.2, 0.25) is 5.69 Å². The highest BCUT2D eigenvalue weighted by atomic mass is 127. The number of rotatable bonds is 4. The Labute approximate surface area is 148 Å². The van der Waals surface area contributed by atoms with E-state index in [1.54, 1.807) is 0 Å². The van der Waals surface area contributed by atoms with Gasteiger partial charge in [-0.15, -0.1) is 6.58 Å². The fourth-order valence-electron chi connectivity index (χ4n) is 2.58. The van der Waals surface area contributed by atoms with Gasteiger partial charge in [-0.25, -0.2) is 4.57 Å². The number of aromatic nitrogens is 2. The maximum absolute atomic E-state index is 3.84. The molecule has 2 heterocycles. The fourth-order valence-corrected chi connectivity index (χ4v) is 2.58. The largest absolute Gasteiger partial charge is 1.00 e. The van der Waals surface area contributed by atoms with E-state index in [1.807, 2.05) is 12.1 Å². The number of aryl methyl sites for hydroxylation is 1. The van der Waals surface area contributed by atoms with E-state index in [0.717, 1.165) is 6.54 Å². The van der Waals surface area contributed by atoms with Gasteiger partial charge < -0.3 is 28.5 Å². The van der Waals surface area contributed by atoms with Crippen molar-refractivity contribution in [2.45, 2.75) is 6.54 Å². The Kier molecular flexibility index (Phi) is 5.55. The second-order valence-corrected chi connectivity index (χ2v) is 5.11. The van der Waals surface area contributed by atoms with Crippen molar-refractivity contribution in [3.05, 3.63) is 78.8 Å². The van der Waals surface area contributed by atoms with Crippen LogP contribution >= 0.6 is 0 Å². The molecule has 0 N–H and O–H groups in total. The number of hydrogen-bond donors (Lipinski definition) is 0. The van der Waals surface area contributed by atoms with Gasteiger partial charge in [0, 0.05) is 47.4 Å². The first-order valence-corrected chi connectivity index (χ1v) is 7.11. The molecule has 112 valence electrons. The standard InChI is InChI=1S/C19H19N2.HI/c1-3-13-21-15-16(18-9-4-5-10-19(18)21)11-12-17-8-6-7-14-20(17)2;/h3-12,14-15H,1,13H2,2H3;1H/q+1;/p-1. The quantitative estimate of drug-likeness (QED) is 0.347. The summed E-state index contributed by atoms with van der Waals surface area (Å²) in [6, 6.07) is 14.7. The van der Waals surface area contributed by atoms with E-state index >= 15 is 0 Å². The van der Waals surface area contributed by atoms with Crippen molar-refractivity contribution in [3.8, 4) is 0 Å². The molecular formula is C19H19IN2. The van der Waals surface area contributed by atoms with Crippen molar-refractivity contribution in [1.82, 2.24) is 4.57 Å². The third kappa shape index (κ3) is 3.30. The first kappa shape index (κ1) is 16.5. The van der Waals surface area contributed by atoms with E-state index in [0.29, 0.717) is 0 Å². The van der Waals surface area contributed by atoms with Gasteiger partial charge in [-0.1, -0.05) is 24.3 Å². The Hall–Kier alpha value is -1.88. The van der Waals surface area contributed by atoms with Gasteiger partial charge in [0.25, 0.3) is 0 Å². The van der Waals surface area contributed by atoms with Gasteiger partial charge in [0.05, 0.1) is 0 Å². The summed E-state index contributed by atoms with van der Waals surface area (Å²) in [5, 5.41) is 1.27. The van der Waals surface area contributed by atoms with E-state index in [1.165, 1.54) is 22.2 Å². The zero-order valence-electron chi connectivity index (χ0n) is 12.6. The number of pyridine rings is 1. The Morgan fingerprint density at radius 2 is 1.86 bits per heavy atom. The number of para-hydroxylation sites is 1. The van der Waals surface area contributed by atoms with Crippen LogP contribution in [0.25, 0.3) is 23.1 Å². The summed E-state index contributed by atoms with van der Waals surface area (Å²) in [5.74, 6) is 0. The van der Waals surface area contributed by atoms with Crippen LogP contribution in [0.3, 0.4) is 0 Å². The zero-order valence-corrected chi connectivity index (χ0v) is 14.8. The van der Waals surface area contributed by atoms with E-state index in [9.17, 15) is 0 Å². The molecule has 22 heavy (non-hydrogen) atoms. The maximum Gasteiger partial charge on any atom is 0.204 e. The van der Waals surface area contributed by atoms with Crippen molar-refractivity contribution < 1.29 is 28.5 Å². The predicted octanol–water partition coefficient (Wildman–Crippen LogP) is 0.826. The van der Waals surface area contributed by atoms with Crippen LogP contribution in [0.4, 0.5) is 0 Å². The molecule has 3 heteroatoms. The molecule has 0 saturated heterocycles. The first-order valence-electron chi connectivity index (χ1n) is 7.11. The highest BCUT2D eigenvalue weighted by Gasteiger charge is 2.05. The van der Waals surface area contributed by atoms with Crippen molar-refractivity contribution in [2.24, 2.45) is 7.05 Å². The predicted molar refractivity (Wildman–Crippen MR) is 88.7 cm³/mol. The van der Waals surface area contributed by atoms with Crippen LogP contribution in [0.15, 0.2) is 67.5 Å². The lowest BCUT2D eigenvalue weighted by molar-refractivity contribution is -0.673. The minimum atomic E-state index is 0. The number of halogens is 1. The van der Waals surface area contributed by atoms with Crippen LogP contribution in [0.1, 0.15) is 11.3 Å². The molecule has 0 fully saturated rings. The molecule has 0 unspecified atom stereocenters. The molecule has 0 aliphatic rings. The van der Waals surface area contributed by atoms with Crippen molar-refractivity contribution in [2.75, 3.05) is 0 Å². The van der Waals surface area contributed by atoms with Gasteiger partial charge in [-0.05, 0) is 18.2 Å². The average molecular weight is 402 g/mol. The third-order valence-corrected chi connectivity index (χ3v) is 3.67. The second-order valence-electron chi connectivity index (χ2n) is 5.11. The lowest BCUT2D eigenvalue weighted by Crippen LogP contribution is -3.00. The summed E-state index contributed by atoms with van der Waals surface area (Å²) in [6.07, 6.45) is 10.5. The van der Waals surface area contributed by atoms with Crippen LogP contribution in [0.2, 0.25) is 0 Å². The van der Waals surface area contributed by atoms with Gasteiger partial charge in [-0.2, -0.15) is 0 Å². The zero-order chi connectivity index (χ0) is 14.7. The van der Waals surface area contributed by atoms with E-state index in [4.69, 9.17) is 0 Å². The first-order chi connectivity index (χ1) is 10.3. The Morgan fingerprint density at radius 3 is 2.64 bits per heavy atom. The minimum Gasteiger partial charge on any atom is -1.00 e. The molecule has 3 aromatic rings. The van der Waals surface area contributed by atoms with Crippen LogP contribution < -0.4 is 28.5 Å². The summed E-state index contributed by atoms with van der Waals surface area (Å²) >= 11 is 0. The number of benzene rings is 1. The topological polar surface area (TPSA) is 8.81 Å². The monoisotopic (exact) mass is 402 g/mol. The molecular weight excluding hydrogens is 383 g/mol. The summed E-state index contributed by atoms with van der Waals surface area (Å²) in [7, 11) is 2.06. The molecule has 0 aliphatic heterocycles. The highest BCUT2D eigenvalue weighted by molar-refractivity contribution is 5.91. The Morgan fingerprint density at radius 1 is 1.09 bits per heavy atom. The number of fused-ring (bicyclic) bond motifs is 1. The number of nitrogens with zero attached hydrogens (tertiary/aromatic N) is 2. The van der Waals surface area contributed by atoms with Gasteiger partial charge in [0.1, 0.15) is 7.05 Å². The molecule has 0 atom stereocenters. The summed E-state index contributed by atoms with van der Waals surface area (Å²) in [4.78, 5) is 0. The molecule has 3 rings (SSSR count). The van der Waals surface area contributed by atoms with E-state index < -0.39 is 0 Å². The Bertz CT molecular complexity index is 815. The summed E-state index contributed by atoms with van der Waals surface area (Å²) in [6.45, 7) is 4.66. The third-order valence-electron chi connectivity index (χ3n) is 3.67. The molecule has 2 aromatic heterocycles. The van der Waals surface area contributed by atoms with Gasteiger partial charge in [0.15, 0.2) is 6.20 Å². The number of allylic oxidation sites excluding steroid dienone is 1. The van der Waals surface area contributed by atoms with Crippen molar-refractivity contribution in [1.29, 1.82) is 0 Å². The minimum absolute atomic E-state index is 0. The van der Waals surface area contributed by atoms with Gasteiger partial charge >= 0.3 is 0 Å². The molecule has 0 radical (unpaired) electrons.